The van der Waals surface area contributed by atoms with Crippen LogP contribution in [0.5, 0.6) is 0 Å². The number of piperidine rings is 1. The lowest BCUT2D eigenvalue weighted by Gasteiger charge is -2.31. The van der Waals surface area contributed by atoms with Gasteiger partial charge in [0.05, 0.1) is 12.5 Å². The van der Waals surface area contributed by atoms with E-state index in [9.17, 15) is 14.0 Å². The number of hydrogen-bond acceptors (Lipinski definition) is 3. The van der Waals surface area contributed by atoms with Gasteiger partial charge < -0.3 is 15.0 Å². The molecule has 2 rings (SSSR count). The number of nitrogens with one attached hydrogen (secondary N) is 1. The first kappa shape index (κ1) is 17.2. The van der Waals surface area contributed by atoms with E-state index in [0.717, 1.165) is 18.4 Å². The Labute approximate surface area is 135 Å². The fraction of sp³-hybridized carbons (Fsp3) is 0.529. The maximum Gasteiger partial charge on any atom is 0.317 e. The third-order valence-corrected chi connectivity index (χ3v) is 3.93. The molecule has 6 heteroatoms. The molecule has 1 atom stereocenters. The zero-order chi connectivity index (χ0) is 16.7. The molecule has 2 amide bonds. The number of nitrogens with zero attached hydrogens (tertiary/aromatic N) is 1. The molecule has 0 aromatic heterocycles. The second kappa shape index (κ2) is 8.50. The molecule has 0 radical (unpaired) electrons. The Balaban J connectivity index is 1.76. The van der Waals surface area contributed by atoms with Crippen LogP contribution in [0.15, 0.2) is 24.3 Å². The molecule has 1 aliphatic rings. The molecule has 1 heterocycles. The molecule has 0 bridgehead atoms. The summed E-state index contributed by atoms with van der Waals surface area (Å²) in [6.07, 6.45) is 2.20. The zero-order valence-electron chi connectivity index (χ0n) is 13.4. The fourth-order valence-electron chi connectivity index (χ4n) is 2.69. The van der Waals surface area contributed by atoms with Crippen molar-refractivity contribution in [2.45, 2.75) is 26.2 Å². The average Bonchev–Trinajstić information content (AvgIpc) is 2.57. The molecular weight excluding hydrogens is 299 g/mol. The third-order valence-electron chi connectivity index (χ3n) is 3.93. The number of likely N-dealkylation sites (tertiary alicyclic amines) is 1. The lowest BCUT2D eigenvalue weighted by molar-refractivity contribution is -0.149. The molecule has 1 N–H and O–H groups in total. The maximum absolute atomic E-state index is 12.8. The summed E-state index contributed by atoms with van der Waals surface area (Å²) in [5.41, 5.74) is 0.967. The number of urea groups is 1. The van der Waals surface area contributed by atoms with Crippen LogP contribution in [0.25, 0.3) is 0 Å². The number of halogens is 1. The van der Waals surface area contributed by atoms with E-state index in [4.69, 9.17) is 4.74 Å². The van der Waals surface area contributed by atoms with Gasteiger partial charge in [0, 0.05) is 19.6 Å². The Bertz CT molecular complexity index is 533. The molecule has 1 saturated heterocycles. The van der Waals surface area contributed by atoms with E-state index in [0.29, 0.717) is 32.7 Å². The van der Waals surface area contributed by atoms with Crippen molar-refractivity contribution in [1.29, 1.82) is 0 Å². The average molecular weight is 322 g/mol. The van der Waals surface area contributed by atoms with Gasteiger partial charge in [0.1, 0.15) is 5.82 Å². The highest BCUT2D eigenvalue weighted by Gasteiger charge is 2.29. The second-order valence-corrected chi connectivity index (χ2v) is 5.65. The van der Waals surface area contributed by atoms with Gasteiger partial charge in [-0.1, -0.05) is 12.1 Å². The number of carbonyl (C=O) groups is 2. The predicted molar refractivity (Wildman–Crippen MR) is 84.4 cm³/mol. The Morgan fingerprint density at radius 2 is 2.09 bits per heavy atom. The maximum atomic E-state index is 12.8. The largest absolute Gasteiger partial charge is 0.466 e. The van der Waals surface area contributed by atoms with Gasteiger partial charge in [-0.3, -0.25) is 4.79 Å². The standard InChI is InChI=1S/C17H23FN2O3/c1-2-23-16(21)14-4-3-11-20(12-14)17(22)19-10-9-13-5-7-15(18)8-6-13/h5-8,14H,2-4,9-12H2,1H3,(H,19,22). The van der Waals surface area contributed by atoms with Gasteiger partial charge in [-0.05, 0) is 43.9 Å². The highest BCUT2D eigenvalue weighted by Crippen LogP contribution is 2.18. The molecule has 1 aromatic rings. The molecule has 0 saturated carbocycles. The number of carbonyl (C=O) groups excluding carboxylic acids is 2. The summed E-state index contributed by atoms with van der Waals surface area (Å²) in [5, 5.41) is 2.85. The number of esters is 1. The fourth-order valence-corrected chi connectivity index (χ4v) is 2.69. The third kappa shape index (κ3) is 5.23. The van der Waals surface area contributed by atoms with E-state index < -0.39 is 0 Å². The lowest BCUT2D eigenvalue weighted by atomic mass is 9.98. The van der Waals surface area contributed by atoms with Gasteiger partial charge in [-0.2, -0.15) is 0 Å². The normalized spacial score (nSPS) is 17.7. The van der Waals surface area contributed by atoms with Crippen LogP contribution in [0.4, 0.5) is 9.18 Å². The van der Waals surface area contributed by atoms with Crippen LogP contribution < -0.4 is 5.32 Å². The van der Waals surface area contributed by atoms with E-state index in [-0.39, 0.29) is 23.7 Å². The number of hydrogen-bond donors (Lipinski definition) is 1. The second-order valence-electron chi connectivity index (χ2n) is 5.65. The predicted octanol–water partition coefficient (Wildman–Crippen LogP) is 2.35. The summed E-state index contributed by atoms with van der Waals surface area (Å²) < 4.78 is 17.9. The molecule has 0 aliphatic carbocycles. The minimum Gasteiger partial charge on any atom is -0.466 e. The van der Waals surface area contributed by atoms with Crippen molar-refractivity contribution < 1.29 is 18.7 Å². The Morgan fingerprint density at radius 3 is 2.78 bits per heavy atom. The van der Waals surface area contributed by atoms with Gasteiger partial charge in [0.15, 0.2) is 0 Å². The van der Waals surface area contributed by atoms with Crippen LogP contribution in [0, 0.1) is 11.7 Å². The molecule has 23 heavy (non-hydrogen) atoms. The first-order valence-corrected chi connectivity index (χ1v) is 8.04. The molecule has 1 fully saturated rings. The molecule has 126 valence electrons. The van der Waals surface area contributed by atoms with Crippen LogP contribution in [0.1, 0.15) is 25.3 Å². The smallest absolute Gasteiger partial charge is 0.317 e. The molecule has 1 aliphatic heterocycles. The van der Waals surface area contributed by atoms with Crippen molar-refractivity contribution in [3.63, 3.8) is 0 Å². The summed E-state index contributed by atoms with van der Waals surface area (Å²) in [4.78, 5) is 25.6. The summed E-state index contributed by atoms with van der Waals surface area (Å²) in [5.74, 6) is -0.723. The zero-order valence-corrected chi connectivity index (χ0v) is 13.4. The van der Waals surface area contributed by atoms with Gasteiger partial charge in [-0.15, -0.1) is 0 Å². The van der Waals surface area contributed by atoms with Crippen LogP contribution in [-0.2, 0) is 16.0 Å². The number of rotatable bonds is 5. The van der Waals surface area contributed by atoms with Crippen molar-refractivity contribution in [2.75, 3.05) is 26.2 Å². The Kier molecular flexibility index (Phi) is 6.38. The van der Waals surface area contributed by atoms with E-state index in [1.54, 1.807) is 24.0 Å². The first-order chi connectivity index (χ1) is 11.1. The minimum atomic E-state index is -0.267. The van der Waals surface area contributed by atoms with E-state index >= 15 is 0 Å². The SMILES string of the molecule is CCOC(=O)C1CCCN(C(=O)NCCc2ccc(F)cc2)C1. The van der Waals surface area contributed by atoms with Crippen molar-refractivity contribution in [1.82, 2.24) is 10.2 Å². The van der Waals surface area contributed by atoms with E-state index in [1.807, 2.05) is 0 Å². The van der Waals surface area contributed by atoms with Crippen LogP contribution in [-0.4, -0.2) is 43.1 Å². The lowest BCUT2D eigenvalue weighted by Crippen LogP contribution is -2.47. The molecule has 1 aromatic carbocycles. The van der Waals surface area contributed by atoms with E-state index in [1.165, 1.54) is 12.1 Å². The topological polar surface area (TPSA) is 58.6 Å². The highest BCUT2D eigenvalue weighted by atomic mass is 19.1. The van der Waals surface area contributed by atoms with Crippen molar-refractivity contribution in [3.05, 3.63) is 35.6 Å². The summed E-state index contributed by atoms with van der Waals surface area (Å²) >= 11 is 0. The molecule has 5 nitrogen and oxygen atoms in total. The van der Waals surface area contributed by atoms with Crippen molar-refractivity contribution >= 4 is 12.0 Å². The van der Waals surface area contributed by atoms with Gasteiger partial charge in [-0.25, -0.2) is 9.18 Å². The number of ether oxygens (including phenoxy) is 1. The quantitative estimate of drug-likeness (QED) is 0.847. The van der Waals surface area contributed by atoms with Crippen molar-refractivity contribution in [3.8, 4) is 0 Å². The van der Waals surface area contributed by atoms with Gasteiger partial charge in [0.25, 0.3) is 0 Å². The van der Waals surface area contributed by atoms with Gasteiger partial charge in [0.2, 0.25) is 0 Å². The first-order valence-electron chi connectivity index (χ1n) is 8.04. The van der Waals surface area contributed by atoms with Crippen LogP contribution in [0.2, 0.25) is 0 Å². The summed E-state index contributed by atoms with van der Waals surface area (Å²) in [7, 11) is 0. The van der Waals surface area contributed by atoms with Gasteiger partial charge >= 0.3 is 12.0 Å². The Morgan fingerprint density at radius 1 is 1.35 bits per heavy atom. The number of amides is 2. The monoisotopic (exact) mass is 322 g/mol. The summed E-state index contributed by atoms with van der Waals surface area (Å²) in [6.45, 7) is 3.67. The molecular formula is C17H23FN2O3. The Hall–Kier alpha value is -2.11. The number of benzene rings is 1. The molecule has 0 spiro atoms. The molecule has 1 unspecified atom stereocenters. The highest BCUT2D eigenvalue weighted by molar-refractivity contribution is 5.77. The minimum absolute atomic E-state index is 0.166. The summed E-state index contributed by atoms with van der Waals surface area (Å²) in [6, 6.07) is 6.07. The van der Waals surface area contributed by atoms with Crippen LogP contribution in [0.3, 0.4) is 0 Å². The van der Waals surface area contributed by atoms with E-state index in [2.05, 4.69) is 5.32 Å². The van der Waals surface area contributed by atoms with Crippen molar-refractivity contribution in [2.24, 2.45) is 5.92 Å². The van der Waals surface area contributed by atoms with Crippen LogP contribution >= 0.6 is 0 Å².